The molecule has 3 aromatic rings. The number of fused-ring (bicyclic) bond motifs is 1. The van der Waals surface area contributed by atoms with Crippen molar-refractivity contribution < 1.29 is 9.18 Å². The number of nitrogens with one attached hydrogen (secondary N) is 1. The molecule has 1 amide bonds. The van der Waals surface area contributed by atoms with Crippen LogP contribution in [0.2, 0.25) is 0 Å². The maximum atomic E-state index is 14.2. The summed E-state index contributed by atoms with van der Waals surface area (Å²) < 4.78 is 14.2. The van der Waals surface area contributed by atoms with Crippen molar-refractivity contribution in [1.82, 2.24) is 25.1 Å². The average Bonchev–Trinajstić information content (AvgIpc) is 3.08. The van der Waals surface area contributed by atoms with Crippen LogP contribution < -0.4 is 4.90 Å². The number of hydrogen-bond acceptors (Lipinski definition) is 5. The highest BCUT2D eigenvalue weighted by Crippen LogP contribution is 2.21. The maximum Gasteiger partial charge on any atom is 0.275 e. The minimum absolute atomic E-state index is 0.114. The molecule has 8 heteroatoms. The zero-order chi connectivity index (χ0) is 17.4. The molecule has 0 radical (unpaired) electrons. The van der Waals surface area contributed by atoms with E-state index in [1.807, 2.05) is 29.2 Å². The van der Waals surface area contributed by atoms with E-state index in [1.54, 1.807) is 11.8 Å². The number of nitrogens with zero attached hydrogens (tertiary/aromatic N) is 5. The molecule has 4 rings (SSSR count). The molecule has 1 saturated heterocycles. The Bertz CT molecular complexity index is 932. The van der Waals surface area contributed by atoms with Crippen molar-refractivity contribution in [3.05, 3.63) is 47.8 Å². The molecule has 0 unspecified atom stereocenters. The van der Waals surface area contributed by atoms with Gasteiger partial charge in [-0.3, -0.25) is 9.89 Å². The summed E-state index contributed by atoms with van der Waals surface area (Å²) in [5, 5.41) is 7.86. The minimum atomic E-state index is -0.402. The molecule has 0 atom stereocenters. The molecule has 0 aliphatic carbocycles. The molecule has 7 nitrogen and oxygen atoms in total. The molecule has 1 aliphatic heterocycles. The van der Waals surface area contributed by atoms with E-state index in [9.17, 15) is 9.18 Å². The third kappa shape index (κ3) is 2.69. The Kier molecular flexibility index (Phi) is 3.79. The van der Waals surface area contributed by atoms with Crippen LogP contribution in [0, 0.1) is 12.7 Å². The van der Waals surface area contributed by atoms with Gasteiger partial charge in [0.2, 0.25) is 0 Å². The van der Waals surface area contributed by atoms with E-state index in [0.29, 0.717) is 43.4 Å². The van der Waals surface area contributed by atoms with Crippen LogP contribution in [0.4, 0.5) is 10.2 Å². The van der Waals surface area contributed by atoms with Crippen LogP contribution in [-0.4, -0.2) is 57.2 Å². The number of anilines is 1. The van der Waals surface area contributed by atoms with Gasteiger partial charge < -0.3 is 9.80 Å². The van der Waals surface area contributed by atoms with Gasteiger partial charge in [0.15, 0.2) is 17.3 Å². The predicted octanol–water partition coefficient (Wildman–Crippen LogP) is 1.76. The number of carbonyl (C=O) groups is 1. The van der Waals surface area contributed by atoms with Crippen molar-refractivity contribution in [3.8, 4) is 0 Å². The number of amides is 1. The molecule has 2 aromatic heterocycles. The van der Waals surface area contributed by atoms with Crippen LogP contribution in [0.1, 0.15) is 16.2 Å². The van der Waals surface area contributed by atoms with Gasteiger partial charge in [-0.1, -0.05) is 18.2 Å². The molecule has 1 N–H and O–H groups in total. The quantitative estimate of drug-likeness (QED) is 0.769. The molecule has 0 bridgehead atoms. The Balaban J connectivity index is 1.50. The third-order valence-electron chi connectivity index (χ3n) is 4.48. The lowest BCUT2D eigenvalue weighted by Gasteiger charge is -2.35. The number of H-pyrrole nitrogens is 1. The highest BCUT2D eigenvalue weighted by Gasteiger charge is 2.27. The molecule has 1 aliphatic rings. The monoisotopic (exact) mass is 340 g/mol. The summed E-state index contributed by atoms with van der Waals surface area (Å²) in [4.78, 5) is 24.2. The first kappa shape index (κ1) is 15.5. The lowest BCUT2D eigenvalue weighted by Crippen LogP contribution is -2.49. The fourth-order valence-electron chi connectivity index (χ4n) is 3.06. The fraction of sp³-hybridized carbons (Fsp3) is 0.294. The largest absolute Gasteiger partial charge is 0.351 e. The Morgan fingerprint density at radius 1 is 1.16 bits per heavy atom. The van der Waals surface area contributed by atoms with E-state index >= 15 is 0 Å². The molecule has 0 spiro atoms. The van der Waals surface area contributed by atoms with Crippen molar-refractivity contribution in [2.75, 3.05) is 31.1 Å². The second-order valence-electron chi connectivity index (χ2n) is 5.99. The number of piperazine rings is 1. The van der Waals surface area contributed by atoms with E-state index in [-0.39, 0.29) is 5.91 Å². The number of aromatic nitrogens is 4. The number of benzene rings is 1. The smallest absolute Gasteiger partial charge is 0.275 e. The van der Waals surface area contributed by atoms with Gasteiger partial charge >= 0.3 is 0 Å². The summed E-state index contributed by atoms with van der Waals surface area (Å²) >= 11 is 0. The molecular weight excluding hydrogens is 323 g/mol. The Morgan fingerprint density at radius 3 is 2.72 bits per heavy atom. The van der Waals surface area contributed by atoms with Crippen molar-refractivity contribution in [2.45, 2.75) is 6.92 Å². The first-order valence-electron chi connectivity index (χ1n) is 8.09. The third-order valence-corrected chi connectivity index (χ3v) is 4.48. The van der Waals surface area contributed by atoms with Crippen LogP contribution in [0.3, 0.4) is 0 Å². The summed E-state index contributed by atoms with van der Waals surface area (Å²) in [5.41, 5.74) is 1.59. The number of carbonyl (C=O) groups excluding carboxylic acids is 1. The fourth-order valence-corrected chi connectivity index (χ4v) is 3.06. The Labute approximate surface area is 143 Å². The number of aryl methyl sites for hydroxylation is 1. The number of para-hydroxylation sites is 1. The SMILES string of the molecule is Cc1ncnc(N2CCN(C(=O)c3n[nH]c4ccccc34)CC2)c1F. The minimum Gasteiger partial charge on any atom is -0.351 e. The summed E-state index contributed by atoms with van der Waals surface area (Å²) in [6.45, 7) is 3.62. The van der Waals surface area contributed by atoms with Crippen molar-refractivity contribution in [2.24, 2.45) is 0 Å². The van der Waals surface area contributed by atoms with Crippen LogP contribution >= 0.6 is 0 Å². The Hall–Kier alpha value is -3.03. The van der Waals surface area contributed by atoms with E-state index in [2.05, 4.69) is 20.2 Å². The molecular formula is C17H17FN6O. The van der Waals surface area contributed by atoms with Crippen LogP contribution in [-0.2, 0) is 0 Å². The Morgan fingerprint density at radius 2 is 1.92 bits per heavy atom. The summed E-state index contributed by atoms with van der Waals surface area (Å²) in [5.74, 6) is -0.221. The lowest BCUT2D eigenvalue weighted by molar-refractivity contribution is 0.0742. The van der Waals surface area contributed by atoms with E-state index in [4.69, 9.17) is 0 Å². The molecule has 1 aromatic carbocycles. The standard InChI is InChI=1S/C17H17FN6O/c1-11-14(18)16(20-10-19-11)23-6-8-24(9-7-23)17(25)15-12-4-2-3-5-13(12)21-22-15/h2-5,10H,6-9H2,1H3,(H,21,22). The van der Waals surface area contributed by atoms with Gasteiger partial charge in [0.1, 0.15) is 6.33 Å². The van der Waals surface area contributed by atoms with Gasteiger partial charge in [0, 0.05) is 31.6 Å². The summed E-state index contributed by atoms with van der Waals surface area (Å²) in [6, 6.07) is 7.54. The number of hydrogen-bond donors (Lipinski definition) is 1. The highest BCUT2D eigenvalue weighted by atomic mass is 19.1. The van der Waals surface area contributed by atoms with Crippen molar-refractivity contribution in [1.29, 1.82) is 0 Å². The summed E-state index contributed by atoms with van der Waals surface area (Å²) in [6.07, 6.45) is 1.36. The van der Waals surface area contributed by atoms with E-state index in [0.717, 1.165) is 10.9 Å². The van der Waals surface area contributed by atoms with Crippen LogP contribution in [0.25, 0.3) is 10.9 Å². The second kappa shape index (κ2) is 6.12. The van der Waals surface area contributed by atoms with E-state index in [1.165, 1.54) is 6.33 Å². The first-order valence-corrected chi connectivity index (χ1v) is 8.09. The zero-order valence-corrected chi connectivity index (χ0v) is 13.7. The lowest BCUT2D eigenvalue weighted by atomic mass is 10.2. The summed E-state index contributed by atoms with van der Waals surface area (Å²) in [7, 11) is 0. The zero-order valence-electron chi connectivity index (χ0n) is 13.7. The molecule has 25 heavy (non-hydrogen) atoms. The number of aromatic amines is 1. The van der Waals surface area contributed by atoms with Gasteiger partial charge in [-0.15, -0.1) is 0 Å². The van der Waals surface area contributed by atoms with Gasteiger partial charge in [0.05, 0.1) is 11.2 Å². The van der Waals surface area contributed by atoms with Gasteiger partial charge in [0.25, 0.3) is 5.91 Å². The number of halogens is 1. The normalized spacial score (nSPS) is 15.0. The molecule has 3 heterocycles. The van der Waals surface area contributed by atoms with Crippen LogP contribution in [0.15, 0.2) is 30.6 Å². The predicted molar refractivity (Wildman–Crippen MR) is 90.9 cm³/mol. The first-order chi connectivity index (χ1) is 12.1. The second-order valence-corrected chi connectivity index (χ2v) is 5.99. The topological polar surface area (TPSA) is 78.0 Å². The van der Waals surface area contributed by atoms with Crippen LogP contribution in [0.5, 0.6) is 0 Å². The maximum absolute atomic E-state index is 14.2. The highest BCUT2D eigenvalue weighted by molar-refractivity contribution is 6.04. The average molecular weight is 340 g/mol. The molecule has 0 saturated carbocycles. The van der Waals surface area contributed by atoms with E-state index < -0.39 is 5.82 Å². The number of rotatable bonds is 2. The molecule has 1 fully saturated rings. The van der Waals surface area contributed by atoms with Gasteiger partial charge in [-0.25, -0.2) is 14.4 Å². The van der Waals surface area contributed by atoms with Gasteiger partial charge in [-0.2, -0.15) is 5.10 Å². The van der Waals surface area contributed by atoms with Crippen molar-refractivity contribution >= 4 is 22.6 Å². The molecule has 128 valence electrons. The van der Waals surface area contributed by atoms with Crippen molar-refractivity contribution in [3.63, 3.8) is 0 Å². The van der Waals surface area contributed by atoms with Gasteiger partial charge in [-0.05, 0) is 13.0 Å².